The summed E-state index contributed by atoms with van der Waals surface area (Å²) in [5, 5.41) is 12.5. The number of aromatic nitrogens is 2. The predicted octanol–water partition coefficient (Wildman–Crippen LogP) is 1.58. The molecule has 8 nitrogen and oxygen atoms in total. The maximum absolute atomic E-state index is 8.19. The molecular formula is C20H27N5O3. The third kappa shape index (κ3) is 3.10. The van der Waals surface area contributed by atoms with Crippen LogP contribution in [0.3, 0.4) is 0 Å². The molecule has 5 rings (SSSR count). The lowest BCUT2D eigenvalue weighted by Gasteiger charge is -2.31. The van der Waals surface area contributed by atoms with Crippen molar-refractivity contribution in [3.63, 3.8) is 0 Å². The van der Waals surface area contributed by atoms with Crippen LogP contribution in [-0.4, -0.2) is 66.6 Å². The van der Waals surface area contributed by atoms with Gasteiger partial charge in [0.25, 0.3) is 0 Å². The van der Waals surface area contributed by atoms with E-state index in [0.717, 1.165) is 50.3 Å². The monoisotopic (exact) mass is 385 g/mol. The van der Waals surface area contributed by atoms with E-state index in [1.165, 1.54) is 12.8 Å². The van der Waals surface area contributed by atoms with E-state index in [9.17, 15) is 0 Å². The number of nitrogens with zero attached hydrogens (tertiary/aromatic N) is 3. The van der Waals surface area contributed by atoms with Gasteiger partial charge in [-0.05, 0) is 31.4 Å². The minimum absolute atomic E-state index is 0.241. The lowest BCUT2D eigenvalue weighted by Crippen LogP contribution is -2.43. The summed E-state index contributed by atoms with van der Waals surface area (Å²) in [6.07, 6.45) is 4.22. The lowest BCUT2D eigenvalue weighted by molar-refractivity contribution is -0.0391. The molecule has 2 bridgehead atoms. The number of rotatable bonds is 6. The molecule has 28 heavy (non-hydrogen) atoms. The van der Waals surface area contributed by atoms with Gasteiger partial charge in [0.2, 0.25) is 5.62 Å². The van der Waals surface area contributed by atoms with E-state index >= 15 is 0 Å². The second-order valence-corrected chi connectivity index (χ2v) is 7.77. The Hall–Kier alpha value is -2.32. The van der Waals surface area contributed by atoms with Crippen LogP contribution in [0, 0.1) is 5.41 Å². The Labute approximate surface area is 163 Å². The number of likely N-dealkylation sites (tertiary alicyclic amines) is 1. The first-order valence-corrected chi connectivity index (χ1v) is 10.1. The quantitative estimate of drug-likeness (QED) is 0.735. The first kappa shape index (κ1) is 17.8. The molecule has 2 fully saturated rings. The summed E-state index contributed by atoms with van der Waals surface area (Å²) >= 11 is 0. The van der Waals surface area contributed by atoms with Gasteiger partial charge in [-0.15, -0.1) is 0 Å². The van der Waals surface area contributed by atoms with Gasteiger partial charge in [0.15, 0.2) is 11.5 Å². The van der Waals surface area contributed by atoms with Crippen LogP contribution in [0.4, 0.5) is 5.82 Å². The molecule has 0 amide bonds. The highest BCUT2D eigenvalue weighted by Gasteiger charge is 2.33. The number of ether oxygens (including phenoxy) is 3. The van der Waals surface area contributed by atoms with E-state index in [-0.39, 0.29) is 5.62 Å². The molecule has 1 aromatic heterocycles. The zero-order valence-electron chi connectivity index (χ0n) is 16.2. The topological polar surface area (TPSA) is 84.6 Å². The van der Waals surface area contributed by atoms with Gasteiger partial charge in [-0.1, -0.05) is 0 Å². The summed E-state index contributed by atoms with van der Waals surface area (Å²) in [5.41, 5.74) is 0.917. The molecule has 1 aromatic carbocycles. The molecule has 150 valence electrons. The maximum Gasteiger partial charge on any atom is 0.224 e. The fraction of sp³-hybridized carbons (Fsp3) is 0.600. The number of benzene rings is 1. The van der Waals surface area contributed by atoms with Gasteiger partial charge in [0, 0.05) is 38.1 Å². The van der Waals surface area contributed by atoms with Crippen LogP contribution in [0.2, 0.25) is 0 Å². The van der Waals surface area contributed by atoms with Crippen LogP contribution in [0.1, 0.15) is 19.3 Å². The van der Waals surface area contributed by atoms with Crippen molar-refractivity contribution in [2.24, 2.45) is 0 Å². The molecule has 2 aromatic rings. The fourth-order valence-corrected chi connectivity index (χ4v) is 4.63. The summed E-state index contributed by atoms with van der Waals surface area (Å²) in [7, 11) is 1.63. The van der Waals surface area contributed by atoms with E-state index in [0.29, 0.717) is 35.8 Å². The van der Waals surface area contributed by atoms with Crippen molar-refractivity contribution in [2.75, 3.05) is 45.2 Å². The minimum Gasteiger partial charge on any atom is -0.491 e. The number of morpholine rings is 1. The average Bonchev–Trinajstić information content (AvgIpc) is 3.32. The summed E-state index contributed by atoms with van der Waals surface area (Å²) in [4.78, 5) is 6.96. The van der Waals surface area contributed by atoms with Crippen molar-refractivity contribution >= 4 is 16.7 Å². The highest BCUT2D eigenvalue weighted by molar-refractivity contribution is 5.95. The summed E-state index contributed by atoms with van der Waals surface area (Å²) in [6, 6.07) is 3.95. The predicted molar refractivity (Wildman–Crippen MR) is 105 cm³/mol. The smallest absolute Gasteiger partial charge is 0.224 e. The first-order valence-electron chi connectivity index (χ1n) is 10.1. The van der Waals surface area contributed by atoms with Crippen molar-refractivity contribution < 1.29 is 14.2 Å². The van der Waals surface area contributed by atoms with Crippen LogP contribution < -0.4 is 20.4 Å². The summed E-state index contributed by atoms with van der Waals surface area (Å²) in [6.45, 7) is 5.32. The molecule has 8 heteroatoms. The molecule has 3 aliphatic rings. The van der Waals surface area contributed by atoms with E-state index < -0.39 is 0 Å². The Balaban J connectivity index is 1.28. The second-order valence-electron chi connectivity index (χ2n) is 7.77. The van der Waals surface area contributed by atoms with Crippen LogP contribution in [0.25, 0.3) is 10.9 Å². The van der Waals surface area contributed by atoms with Crippen molar-refractivity contribution in [3.8, 4) is 11.5 Å². The van der Waals surface area contributed by atoms with Gasteiger partial charge >= 0.3 is 0 Å². The van der Waals surface area contributed by atoms with Crippen LogP contribution in [-0.2, 0) is 11.3 Å². The zero-order valence-corrected chi connectivity index (χ0v) is 16.2. The molecule has 0 saturated carbocycles. The van der Waals surface area contributed by atoms with Crippen molar-refractivity contribution in [1.29, 1.82) is 5.41 Å². The molecule has 2 saturated heterocycles. The fourth-order valence-electron chi connectivity index (χ4n) is 4.63. The number of hydrogen-bond donors (Lipinski definition) is 2. The Morgan fingerprint density at radius 1 is 1.29 bits per heavy atom. The molecule has 2 atom stereocenters. The summed E-state index contributed by atoms with van der Waals surface area (Å²) < 4.78 is 19.5. The van der Waals surface area contributed by atoms with Gasteiger partial charge in [-0.25, -0.2) is 4.98 Å². The number of fused-ring (bicyclic) bond motifs is 5. The van der Waals surface area contributed by atoms with Gasteiger partial charge in [0.05, 0.1) is 25.9 Å². The zero-order chi connectivity index (χ0) is 19.1. The minimum atomic E-state index is 0.241. The Bertz CT molecular complexity index is 932. The molecule has 2 unspecified atom stereocenters. The maximum atomic E-state index is 8.19. The number of methoxy groups -OCH3 is 1. The Morgan fingerprint density at radius 2 is 2.11 bits per heavy atom. The highest BCUT2D eigenvalue weighted by Crippen LogP contribution is 2.37. The van der Waals surface area contributed by atoms with Crippen LogP contribution in [0.15, 0.2) is 12.1 Å². The lowest BCUT2D eigenvalue weighted by atomic mass is 10.2. The molecule has 4 heterocycles. The van der Waals surface area contributed by atoms with Crippen molar-refractivity contribution in [1.82, 2.24) is 14.5 Å². The van der Waals surface area contributed by atoms with Crippen LogP contribution >= 0.6 is 0 Å². The van der Waals surface area contributed by atoms with Gasteiger partial charge in [-0.2, -0.15) is 0 Å². The van der Waals surface area contributed by atoms with E-state index in [2.05, 4.69) is 15.2 Å². The Morgan fingerprint density at radius 3 is 2.89 bits per heavy atom. The van der Waals surface area contributed by atoms with Crippen molar-refractivity contribution in [2.45, 2.75) is 38.0 Å². The summed E-state index contributed by atoms with van der Waals surface area (Å²) in [5.74, 6) is 2.22. The van der Waals surface area contributed by atoms with E-state index in [1.807, 2.05) is 16.7 Å². The van der Waals surface area contributed by atoms with E-state index in [4.69, 9.17) is 19.6 Å². The molecule has 0 radical (unpaired) electrons. The van der Waals surface area contributed by atoms with Gasteiger partial charge < -0.3 is 19.5 Å². The van der Waals surface area contributed by atoms with Crippen molar-refractivity contribution in [3.05, 3.63) is 17.8 Å². The van der Waals surface area contributed by atoms with Crippen LogP contribution in [0.5, 0.6) is 11.5 Å². The van der Waals surface area contributed by atoms with E-state index in [1.54, 1.807) is 7.11 Å². The Kier molecular flexibility index (Phi) is 4.60. The third-order valence-corrected chi connectivity index (χ3v) is 5.92. The van der Waals surface area contributed by atoms with Gasteiger partial charge in [0.1, 0.15) is 11.3 Å². The standard InChI is InChI=1S/C20H27N5O3/c1-26-18-16(27-10-2-8-24-11-13-3-4-14(12-24)28-13)6-5-15-17(18)23-20(21)25-9-7-22-19(15)25/h5-6,13-14,21-22H,2-4,7-12H2,1H3. The largest absolute Gasteiger partial charge is 0.491 e. The average molecular weight is 385 g/mol. The third-order valence-electron chi connectivity index (χ3n) is 5.92. The number of hydrogen-bond acceptors (Lipinski definition) is 7. The highest BCUT2D eigenvalue weighted by atomic mass is 16.5. The molecule has 3 aliphatic heterocycles. The molecule has 0 spiro atoms. The normalized spacial score (nSPS) is 23.6. The van der Waals surface area contributed by atoms with Gasteiger partial charge in [-0.3, -0.25) is 14.9 Å². The molecular weight excluding hydrogens is 358 g/mol. The number of anilines is 1. The number of nitrogens with one attached hydrogen (secondary N) is 2. The first-order chi connectivity index (χ1) is 13.7. The second kappa shape index (κ2) is 7.25. The SMILES string of the molecule is COc1c(OCCCN2CC3CCC(C2)O3)ccc2c3n(c(=N)nc12)CCN3. The molecule has 2 N–H and O–H groups in total. The molecule has 0 aliphatic carbocycles.